The van der Waals surface area contributed by atoms with Gasteiger partial charge in [0.15, 0.2) is 0 Å². The normalized spacial score (nSPS) is 10.2. The van der Waals surface area contributed by atoms with Gasteiger partial charge in [-0.25, -0.2) is 0 Å². The summed E-state index contributed by atoms with van der Waals surface area (Å²) in [5.41, 5.74) is 0. The van der Waals surface area contributed by atoms with Gasteiger partial charge in [0.2, 0.25) is 5.91 Å². The maximum atomic E-state index is 11.6. The molecular formula is C15H29NO. The summed E-state index contributed by atoms with van der Waals surface area (Å²) in [6.45, 7) is 9.79. The topological polar surface area (TPSA) is 20.3 Å². The molecule has 0 aliphatic heterocycles. The zero-order valence-corrected chi connectivity index (χ0v) is 11.7. The van der Waals surface area contributed by atoms with Gasteiger partial charge in [-0.05, 0) is 18.9 Å². The molecule has 0 spiro atoms. The Balaban J connectivity index is 3.80. The largest absolute Gasteiger partial charge is 0.339 e. The molecule has 0 unspecified atom stereocenters. The van der Waals surface area contributed by atoms with Gasteiger partial charge in [-0.2, -0.15) is 0 Å². The molecule has 0 rings (SSSR count). The Hall–Kier alpha value is -0.790. The fraction of sp³-hybridized carbons (Fsp3) is 0.800. The van der Waals surface area contributed by atoms with Crippen molar-refractivity contribution in [2.75, 3.05) is 13.1 Å². The summed E-state index contributed by atoms with van der Waals surface area (Å²) in [6.07, 6.45) is 11.2. The van der Waals surface area contributed by atoms with Crippen molar-refractivity contribution in [2.24, 2.45) is 0 Å². The second-order valence-corrected chi connectivity index (χ2v) is 4.65. The molecule has 0 N–H and O–H groups in total. The van der Waals surface area contributed by atoms with Crippen molar-refractivity contribution in [2.45, 2.75) is 65.2 Å². The highest BCUT2D eigenvalue weighted by Crippen LogP contribution is 2.05. The molecule has 2 heteroatoms. The first kappa shape index (κ1) is 16.2. The van der Waals surface area contributed by atoms with Crippen molar-refractivity contribution in [1.29, 1.82) is 0 Å². The number of carbonyl (C=O) groups is 1. The molecule has 0 saturated heterocycles. The standard InChI is InChI=1S/C15H29NO/c1-4-7-9-11-13-16(15(17)6-3)14-12-10-8-5-2/h6H,3-5,7-14H2,1-2H3. The van der Waals surface area contributed by atoms with E-state index >= 15 is 0 Å². The molecule has 0 bridgehead atoms. The molecule has 0 radical (unpaired) electrons. The molecule has 0 aromatic carbocycles. The summed E-state index contributed by atoms with van der Waals surface area (Å²) in [6, 6.07) is 0. The summed E-state index contributed by atoms with van der Waals surface area (Å²) < 4.78 is 0. The van der Waals surface area contributed by atoms with Gasteiger partial charge in [-0.1, -0.05) is 59.0 Å². The van der Waals surface area contributed by atoms with Crippen LogP contribution in [0, 0.1) is 0 Å². The highest BCUT2D eigenvalue weighted by atomic mass is 16.2. The van der Waals surface area contributed by atoms with Crippen LogP contribution in [0.2, 0.25) is 0 Å². The van der Waals surface area contributed by atoms with Crippen LogP contribution in [-0.4, -0.2) is 23.9 Å². The second kappa shape index (κ2) is 11.7. The van der Waals surface area contributed by atoms with Crippen LogP contribution < -0.4 is 0 Å². The zero-order chi connectivity index (χ0) is 12.9. The van der Waals surface area contributed by atoms with Crippen molar-refractivity contribution < 1.29 is 4.79 Å². The van der Waals surface area contributed by atoms with Gasteiger partial charge >= 0.3 is 0 Å². The lowest BCUT2D eigenvalue weighted by Gasteiger charge is -2.21. The van der Waals surface area contributed by atoms with E-state index in [0.29, 0.717) is 0 Å². The van der Waals surface area contributed by atoms with Crippen LogP contribution in [0.15, 0.2) is 12.7 Å². The fourth-order valence-electron chi connectivity index (χ4n) is 1.92. The Morgan fingerprint density at radius 3 is 1.76 bits per heavy atom. The van der Waals surface area contributed by atoms with Gasteiger partial charge in [0, 0.05) is 13.1 Å². The van der Waals surface area contributed by atoms with Gasteiger partial charge in [0.25, 0.3) is 0 Å². The maximum absolute atomic E-state index is 11.6. The predicted molar refractivity (Wildman–Crippen MR) is 75.1 cm³/mol. The number of rotatable bonds is 11. The minimum absolute atomic E-state index is 0.0954. The Kier molecular flexibility index (Phi) is 11.1. The molecule has 0 atom stereocenters. The van der Waals surface area contributed by atoms with Crippen LogP contribution in [0.1, 0.15) is 65.2 Å². The molecule has 100 valence electrons. The van der Waals surface area contributed by atoms with E-state index in [0.717, 1.165) is 25.9 Å². The Bertz CT molecular complexity index is 189. The van der Waals surface area contributed by atoms with E-state index in [1.54, 1.807) is 0 Å². The predicted octanol–water partition coefficient (Wildman–Crippen LogP) is 4.16. The van der Waals surface area contributed by atoms with E-state index < -0.39 is 0 Å². The van der Waals surface area contributed by atoms with E-state index in [1.807, 2.05) is 4.90 Å². The highest BCUT2D eigenvalue weighted by molar-refractivity contribution is 5.86. The van der Waals surface area contributed by atoms with Crippen molar-refractivity contribution in [1.82, 2.24) is 4.90 Å². The van der Waals surface area contributed by atoms with Gasteiger partial charge in [-0.15, -0.1) is 0 Å². The van der Waals surface area contributed by atoms with Gasteiger partial charge in [0.1, 0.15) is 0 Å². The summed E-state index contributed by atoms with van der Waals surface area (Å²) in [5.74, 6) is 0.0954. The average molecular weight is 239 g/mol. The summed E-state index contributed by atoms with van der Waals surface area (Å²) in [4.78, 5) is 13.6. The number of carbonyl (C=O) groups excluding carboxylic acids is 1. The minimum Gasteiger partial charge on any atom is -0.339 e. The monoisotopic (exact) mass is 239 g/mol. The third-order valence-corrected chi connectivity index (χ3v) is 3.05. The highest BCUT2D eigenvalue weighted by Gasteiger charge is 2.08. The summed E-state index contributed by atoms with van der Waals surface area (Å²) >= 11 is 0. The molecule has 0 fully saturated rings. The number of nitrogens with zero attached hydrogens (tertiary/aromatic N) is 1. The molecule has 1 amide bonds. The summed E-state index contributed by atoms with van der Waals surface area (Å²) in [5, 5.41) is 0. The van der Waals surface area contributed by atoms with Crippen molar-refractivity contribution in [3.8, 4) is 0 Å². The molecule has 0 aliphatic carbocycles. The SMILES string of the molecule is C=CC(=O)N(CCCCCC)CCCCCC. The van der Waals surface area contributed by atoms with Crippen molar-refractivity contribution >= 4 is 5.91 Å². The fourth-order valence-corrected chi connectivity index (χ4v) is 1.92. The molecule has 0 aromatic rings. The van der Waals surface area contributed by atoms with E-state index in [9.17, 15) is 4.79 Å². The number of hydrogen-bond acceptors (Lipinski definition) is 1. The van der Waals surface area contributed by atoms with Crippen LogP contribution >= 0.6 is 0 Å². The lowest BCUT2D eigenvalue weighted by molar-refractivity contribution is -0.126. The molecule has 17 heavy (non-hydrogen) atoms. The smallest absolute Gasteiger partial charge is 0.245 e. The number of unbranched alkanes of at least 4 members (excludes halogenated alkanes) is 6. The molecule has 2 nitrogen and oxygen atoms in total. The maximum Gasteiger partial charge on any atom is 0.245 e. The van der Waals surface area contributed by atoms with Crippen LogP contribution in [-0.2, 0) is 4.79 Å². The lowest BCUT2D eigenvalue weighted by atomic mass is 10.1. The quantitative estimate of drug-likeness (QED) is 0.391. The second-order valence-electron chi connectivity index (χ2n) is 4.65. The first-order valence-corrected chi connectivity index (χ1v) is 7.17. The third-order valence-electron chi connectivity index (χ3n) is 3.05. The third kappa shape index (κ3) is 8.96. The van der Waals surface area contributed by atoms with Gasteiger partial charge in [-0.3, -0.25) is 4.79 Å². The zero-order valence-electron chi connectivity index (χ0n) is 11.7. The average Bonchev–Trinajstić information content (AvgIpc) is 2.36. The molecular weight excluding hydrogens is 210 g/mol. The first-order valence-electron chi connectivity index (χ1n) is 7.17. The van der Waals surface area contributed by atoms with E-state index in [1.165, 1.54) is 44.6 Å². The number of hydrogen-bond donors (Lipinski definition) is 0. The van der Waals surface area contributed by atoms with Crippen molar-refractivity contribution in [3.63, 3.8) is 0 Å². The molecule has 0 heterocycles. The van der Waals surface area contributed by atoms with Gasteiger partial charge < -0.3 is 4.90 Å². The molecule has 0 aromatic heterocycles. The lowest BCUT2D eigenvalue weighted by Crippen LogP contribution is -2.31. The Labute approximate surface area is 107 Å². The van der Waals surface area contributed by atoms with E-state index in [4.69, 9.17) is 0 Å². The summed E-state index contributed by atoms with van der Waals surface area (Å²) in [7, 11) is 0. The number of amides is 1. The van der Waals surface area contributed by atoms with Gasteiger partial charge in [0.05, 0.1) is 0 Å². The Morgan fingerprint density at radius 2 is 1.41 bits per heavy atom. The van der Waals surface area contributed by atoms with Crippen LogP contribution in [0.5, 0.6) is 0 Å². The van der Waals surface area contributed by atoms with Crippen molar-refractivity contribution in [3.05, 3.63) is 12.7 Å². The van der Waals surface area contributed by atoms with Crippen LogP contribution in [0.25, 0.3) is 0 Å². The molecule has 0 saturated carbocycles. The minimum atomic E-state index is 0.0954. The van der Waals surface area contributed by atoms with Crippen LogP contribution in [0.4, 0.5) is 0 Å². The van der Waals surface area contributed by atoms with Crippen LogP contribution in [0.3, 0.4) is 0 Å². The first-order chi connectivity index (χ1) is 8.26. The van der Waals surface area contributed by atoms with E-state index in [-0.39, 0.29) is 5.91 Å². The van der Waals surface area contributed by atoms with E-state index in [2.05, 4.69) is 20.4 Å². The Morgan fingerprint density at radius 1 is 0.941 bits per heavy atom. The molecule has 0 aliphatic rings.